The molecule has 0 aliphatic heterocycles. The van der Waals surface area contributed by atoms with Crippen molar-refractivity contribution in [3.63, 3.8) is 0 Å². The highest BCUT2D eigenvalue weighted by Gasteiger charge is 2.51. The van der Waals surface area contributed by atoms with Crippen molar-refractivity contribution >= 4 is 10.0 Å². The summed E-state index contributed by atoms with van der Waals surface area (Å²) in [6.45, 7) is 2.59. The van der Waals surface area contributed by atoms with Crippen molar-refractivity contribution in [2.75, 3.05) is 20.3 Å². The lowest BCUT2D eigenvalue weighted by molar-refractivity contribution is -0.160. The van der Waals surface area contributed by atoms with Crippen LogP contribution in [-0.2, 0) is 14.8 Å². The molecule has 1 aromatic rings. The van der Waals surface area contributed by atoms with Crippen molar-refractivity contribution in [1.82, 2.24) is 4.72 Å². The van der Waals surface area contributed by atoms with Gasteiger partial charge in [0.1, 0.15) is 10.6 Å². The second kappa shape index (κ2) is 6.80. The Morgan fingerprint density at radius 1 is 1.12 bits per heavy atom. The second-order valence-corrected chi connectivity index (χ2v) is 10.2. The predicted octanol–water partition coefficient (Wildman–Crippen LogP) is 3.27. The Hall–Kier alpha value is -1.11. The quantitative estimate of drug-likeness (QED) is 0.739. The molecule has 4 aliphatic rings. The number of aryl methyl sites for hydroxylation is 1. The van der Waals surface area contributed by atoms with E-state index in [9.17, 15) is 8.42 Å². The molecule has 5 nitrogen and oxygen atoms in total. The number of hydrogen-bond donors (Lipinski definition) is 1. The first-order valence-corrected chi connectivity index (χ1v) is 11.2. The Morgan fingerprint density at radius 3 is 2.31 bits per heavy atom. The predicted molar refractivity (Wildman–Crippen MR) is 99.8 cm³/mol. The summed E-state index contributed by atoms with van der Waals surface area (Å²) < 4.78 is 39.5. The van der Waals surface area contributed by atoms with Crippen molar-refractivity contribution in [1.29, 1.82) is 0 Å². The Morgan fingerprint density at radius 2 is 1.73 bits per heavy atom. The van der Waals surface area contributed by atoms with Crippen LogP contribution in [0.3, 0.4) is 0 Å². The fourth-order valence-corrected chi connectivity index (χ4v) is 6.99. The Labute approximate surface area is 156 Å². The monoisotopic (exact) mass is 379 g/mol. The molecule has 0 aromatic heterocycles. The minimum Gasteiger partial charge on any atom is -0.495 e. The van der Waals surface area contributed by atoms with Gasteiger partial charge in [-0.05, 0) is 80.9 Å². The zero-order chi connectivity index (χ0) is 18.4. The molecule has 1 N–H and O–H groups in total. The average Bonchev–Trinajstić information content (AvgIpc) is 2.57. The molecule has 4 saturated carbocycles. The molecule has 144 valence electrons. The number of nitrogens with one attached hydrogen (secondary N) is 1. The molecule has 1 aromatic carbocycles. The molecule has 26 heavy (non-hydrogen) atoms. The standard InChI is InChI=1S/C20H29NO4S/c1-14-3-4-18(24-2)19(7-14)26(22,23)21-5-6-25-20-11-15-8-16(12-20)10-17(9-15)13-20/h3-4,7,15-17,21H,5-6,8-13H2,1-2H3. The van der Waals surface area contributed by atoms with Crippen LogP contribution in [0.25, 0.3) is 0 Å². The lowest BCUT2D eigenvalue weighted by Crippen LogP contribution is -2.52. The van der Waals surface area contributed by atoms with Crippen LogP contribution in [0.2, 0.25) is 0 Å². The molecule has 4 aliphatic carbocycles. The van der Waals surface area contributed by atoms with Gasteiger partial charge in [0, 0.05) is 6.54 Å². The maximum atomic E-state index is 12.6. The van der Waals surface area contributed by atoms with E-state index in [0.717, 1.165) is 23.3 Å². The van der Waals surface area contributed by atoms with E-state index in [4.69, 9.17) is 9.47 Å². The van der Waals surface area contributed by atoms with E-state index in [1.807, 2.05) is 13.0 Å². The van der Waals surface area contributed by atoms with Gasteiger partial charge in [0.15, 0.2) is 0 Å². The minimum absolute atomic E-state index is 0.0151. The van der Waals surface area contributed by atoms with Gasteiger partial charge in [-0.1, -0.05) is 6.07 Å². The molecule has 6 heteroatoms. The fourth-order valence-electron chi connectivity index (χ4n) is 5.72. The van der Waals surface area contributed by atoms with Gasteiger partial charge in [-0.2, -0.15) is 0 Å². The highest BCUT2D eigenvalue weighted by Crippen LogP contribution is 2.57. The van der Waals surface area contributed by atoms with E-state index in [-0.39, 0.29) is 10.5 Å². The fraction of sp³-hybridized carbons (Fsp3) is 0.700. The Balaban J connectivity index is 1.35. The molecular weight excluding hydrogens is 350 g/mol. The third-order valence-electron chi connectivity index (χ3n) is 6.39. The summed E-state index contributed by atoms with van der Waals surface area (Å²) in [6.07, 6.45) is 7.62. The first-order valence-electron chi connectivity index (χ1n) is 9.67. The first-order chi connectivity index (χ1) is 12.4. The van der Waals surface area contributed by atoms with Gasteiger partial charge in [0.25, 0.3) is 0 Å². The maximum absolute atomic E-state index is 12.6. The van der Waals surface area contributed by atoms with Gasteiger partial charge in [0.05, 0.1) is 19.3 Å². The van der Waals surface area contributed by atoms with Crippen LogP contribution < -0.4 is 9.46 Å². The molecule has 0 radical (unpaired) electrons. The van der Waals surface area contributed by atoms with Crippen LogP contribution >= 0.6 is 0 Å². The van der Waals surface area contributed by atoms with E-state index in [1.54, 1.807) is 12.1 Å². The first kappa shape index (κ1) is 18.3. The summed E-state index contributed by atoms with van der Waals surface area (Å²) in [5.41, 5.74) is 0.900. The maximum Gasteiger partial charge on any atom is 0.244 e. The van der Waals surface area contributed by atoms with E-state index >= 15 is 0 Å². The van der Waals surface area contributed by atoms with Crippen molar-refractivity contribution in [3.8, 4) is 5.75 Å². The third kappa shape index (κ3) is 3.51. The van der Waals surface area contributed by atoms with Gasteiger partial charge in [-0.25, -0.2) is 13.1 Å². The number of ether oxygens (including phenoxy) is 2. The highest BCUT2D eigenvalue weighted by molar-refractivity contribution is 7.89. The molecule has 0 atom stereocenters. The number of benzene rings is 1. The van der Waals surface area contributed by atoms with Crippen molar-refractivity contribution in [2.24, 2.45) is 17.8 Å². The van der Waals surface area contributed by atoms with Crippen LogP contribution in [0.4, 0.5) is 0 Å². The van der Waals surface area contributed by atoms with Crippen LogP contribution in [0.5, 0.6) is 5.75 Å². The van der Waals surface area contributed by atoms with Gasteiger partial charge in [-0.15, -0.1) is 0 Å². The lowest BCUT2D eigenvalue weighted by atomic mass is 9.54. The number of rotatable bonds is 7. The molecular formula is C20H29NO4S. The van der Waals surface area contributed by atoms with Gasteiger partial charge in [-0.3, -0.25) is 0 Å². The summed E-state index contributed by atoms with van der Waals surface area (Å²) in [5.74, 6) is 2.85. The van der Waals surface area contributed by atoms with Crippen LogP contribution in [-0.4, -0.2) is 34.3 Å². The normalized spacial score (nSPS) is 32.8. The molecule has 4 fully saturated rings. The Bertz CT molecular complexity index is 739. The zero-order valence-electron chi connectivity index (χ0n) is 15.7. The smallest absolute Gasteiger partial charge is 0.244 e. The van der Waals surface area contributed by atoms with Crippen molar-refractivity contribution in [2.45, 2.75) is 55.9 Å². The highest BCUT2D eigenvalue weighted by atomic mass is 32.2. The summed E-state index contributed by atoms with van der Waals surface area (Å²) in [6, 6.07) is 5.17. The number of methoxy groups -OCH3 is 1. The van der Waals surface area contributed by atoms with Gasteiger partial charge < -0.3 is 9.47 Å². The van der Waals surface area contributed by atoms with E-state index < -0.39 is 10.0 Å². The molecule has 0 saturated heterocycles. The molecule has 0 unspecified atom stereocenters. The summed E-state index contributed by atoms with van der Waals surface area (Å²) in [4.78, 5) is 0.190. The SMILES string of the molecule is COc1ccc(C)cc1S(=O)(=O)NCCOC12CC3CC(CC(C3)C1)C2. The zero-order valence-corrected chi connectivity index (χ0v) is 16.5. The van der Waals surface area contributed by atoms with Crippen LogP contribution in [0.15, 0.2) is 23.1 Å². The Kier molecular flexibility index (Phi) is 4.78. The lowest BCUT2D eigenvalue weighted by Gasteiger charge is -2.56. The summed E-state index contributed by atoms with van der Waals surface area (Å²) in [5, 5.41) is 0. The molecule has 5 rings (SSSR count). The number of hydrogen-bond acceptors (Lipinski definition) is 4. The molecule has 4 bridgehead atoms. The largest absolute Gasteiger partial charge is 0.495 e. The van der Waals surface area contributed by atoms with Gasteiger partial charge >= 0.3 is 0 Å². The van der Waals surface area contributed by atoms with E-state index in [0.29, 0.717) is 18.9 Å². The van der Waals surface area contributed by atoms with Crippen molar-refractivity contribution in [3.05, 3.63) is 23.8 Å². The second-order valence-electron chi connectivity index (χ2n) is 8.50. The number of sulfonamides is 1. The minimum atomic E-state index is -3.61. The summed E-state index contributed by atoms with van der Waals surface area (Å²) >= 11 is 0. The topological polar surface area (TPSA) is 64.6 Å². The molecule has 0 spiro atoms. The van der Waals surface area contributed by atoms with Crippen LogP contribution in [0.1, 0.15) is 44.1 Å². The van der Waals surface area contributed by atoms with Crippen LogP contribution in [0, 0.1) is 24.7 Å². The van der Waals surface area contributed by atoms with Gasteiger partial charge in [0.2, 0.25) is 10.0 Å². The van der Waals surface area contributed by atoms with E-state index in [1.165, 1.54) is 45.6 Å². The van der Waals surface area contributed by atoms with E-state index in [2.05, 4.69) is 4.72 Å². The summed E-state index contributed by atoms with van der Waals surface area (Å²) in [7, 11) is -2.12. The molecule has 0 heterocycles. The molecule has 0 amide bonds. The average molecular weight is 380 g/mol. The third-order valence-corrected chi connectivity index (χ3v) is 7.88. The van der Waals surface area contributed by atoms with Crippen molar-refractivity contribution < 1.29 is 17.9 Å².